The summed E-state index contributed by atoms with van der Waals surface area (Å²) in [5, 5.41) is 2.29. The van der Waals surface area contributed by atoms with Gasteiger partial charge in [0.1, 0.15) is 18.2 Å². The van der Waals surface area contributed by atoms with Crippen molar-refractivity contribution in [3.8, 4) is 12.3 Å². The SMILES string of the molecule is C#CCNC(=O)CN1C(=O)C(=O)c2c(F)cc(F)cc21. The van der Waals surface area contributed by atoms with Gasteiger partial charge in [0.05, 0.1) is 17.8 Å². The second kappa shape index (κ2) is 5.09. The van der Waals surface area contributed by atoms with Crippen LogP contribution in [-0.4, -0.2) is 30.7 Å². The summed E-state index contributed by atoms with van der Waals surface area (Å²) in [5.74, 6) is -2.75. The number of nitrogens with zero attached hydrogens (tertiary/aromatic N) is 1. The second-order valence-electron chi connectivity index (χ2n) is 3.98. The van der Waals surface area contributed by atoms with Crippen LogP contribution in [0, 0.1) is 24.0 Å². The van der Waals surface area contributed by atoms with Gasteiger partial charge in [-0.05, 0) is 6.07 Å². The summed E-state index contributed by atoms with van der Waals surface area (Å²) >= 11 is 0. The molecule has 7 heteroatoms. The number of benzene rings is 1. The first-order valence-electron chi connectivity index (χ1n) is 5.51. The molecule has 1 aromatic rings. The van der Waals surface area contributed by atoms with Gasteiger partial charge in [-0.25, -0.2) is 8.78 Å². The van der Waals surface area contributed by atoms with E-state index in [-0.39, 0.29) is 12.2 Å². The zero-order valence-corrected chi connectivity index (χ0v) is 10.1. The largest absolute Gasteiger partial charge is 0.344 e. The molecule has 0 bridgehead atoms. The maximum Gasteiger partial charge on any atom is 0.300 e. The van der Waals surface area contributed by atoms with Gasteiger partial charge < -0.3 is 5.32 Å². The second-order valence-corrected chi connectivity index (χ2v) is 3.98. The Morgan fingerprint density at radius 3 is 2.70 bits per heavy atom. The normalized spacial score (nSPS) is 13.2. The number of halogens is 2. The minimum Gasteiger partial charge on any atom is -0.344 e. The molecule has 0 saturated heterocycles. The molecule has 0 aliphatic carbocycles. The van der Waals surface area contributed by atoms with Crippen LogP contribution in [0.3, 0.4) is 0 Å². The van der Waals surface area contributed by atoms with Gasteiger partial charge in [0.2, 0.25) is 5.91 Å². The summed E-state index contributed by atoms with van der Waals surface area (Å²) in [7, 11) is 0. The fraction of sp³-hybridized carbons (Fsp3) is 0.154. The molecular weight excluding hydrogens is 270 g/mol. The van der Waals surface area contributed by atoms with Crippen molar-refractivity contribution in [1.29, 1.82) is 0 Å². The summed E-state index contributed by atoms with van der Waals surface area (Å²) in [6, 6.07) is 1.33. The highest BCUT2D eigenvalue weighted by Crippen LogP contribution is 2.31. The number of carbonyl (C=O) groups is 3. The first kappa shape index (κ1) is 13.7. The van der Waals surface area contributed by atoms with Gasteiger partial charge in [0, 0.05) is 6.07 Å². The maximum absolute atomic E-state index is 13.5. The van der Waals surface area contributed by atoms with E-state index in [1.54, 1.807) is 0 Å². The van der Waals surface area contributed by atoms with E-state index in [2.05, 4.69) is 11.2 Å². The standard InChI is InChI=1S/C13H8F2N2O3/c1-2-3-16-10(18)6-17-9-5-7(14)4-8(15)11(9)12(19)13(17)20/h1,4-5H,3,6H2,(H,16,18). The number of amides is 2. The van der Waals surface area contributed by atoms with E-state index in [1.165, 1.54) is 0 Å². The lowest BCUT2D eigenvalue weighted by Crippen LogP contribution is -2.40. The van der Waals surface area contributed by atoms with Crippen molar-refractivity contribution in [1.82, 2.24) is 5.32 Å². The molecule has 2 rings (SSSR count). The molecule has 1 heterocycles. The summed E-state index contributed by atoms with van der Waals surface area (Å²) in [4.78, 5) is 35.5. The molecule has 20 heavy (non-hydrogen) atoms. The van der Waals surface area contributed by atoms with Crippen molar-refractivity contribution < 1.29 is 23.2 Å². The summed E-state index contributed by atoms with van der Waals surface area (Å²) in [6.07, 6.45) is 4.95. The molecule has 1 aliphatic rings. The summed E-state index contributed by atoms with van der Waals surface area (Å²) < 4.78 is 26.7. The topological polar surface area (TPSA) is 66.5 Å². The third-order valence-corrected chi connectivity index (χ3v) is 2.68. The van der Waals surface area contributed by atoms with Crippen LogP contribution >= 0.6 is 0 Å². The van der Waals surface area contributed by atoms with Crippen LogP contribution in [0.15, 0.2) is 12.1 Å². The first-order valence-corrected chi connectivity index (χ1v) is 5.51. The lowest BCUT2D eigenvalue weighted by Gasteiger charge is -2.15. The van der Waals surface area contributed by atoms with E-state index in [0.717, 1.165) is 11.0 Å². The molecule has 102 valence electrons. The Morgan fingerprint density at radius 1 is 1.35 bits per heavy atom. The third kappa shape index (κ3) is 2.23. The number of hydrogen-bond acceptors (Lipinski definition) is 3. The van der Waals surface area contributed by atoms with Crippen LogP contribution in [0.4, 0.5) is 14.5 Å². The van der Waals surface area contributed by atoms with E-state index < -0.39 is 41.3 Å². The van der Waals surface area contributed by atoms with E-state index in [0.29, 0.717) is 6.07 Å². The lowest BCUT2D eigenvalue weighted by molar-refractivity contribution is -0.121. The predicted octanol–water partition coefficient (Wildman–Crippen LogP) is 0.243. The maximum atomic E-state index is 13.5. The van der Waals surface area contributed by atoms with Gasteiger partial charge in [0.25, 0.3) is 11.7 Å². The molecule has 2 amide bonds. The highest BCUT2D eigenvalue weighted by molar-refractivity contribution is 6.52. The predicted molar refractivity (Wildman–Crippen MR) is 64.9 cm³/mol. The minimum absolute atomic E-state index is 0.0564. The Morgan fingerprint density at radius 2 is 2.05 bits per heavy atom. The Hall–Kier alpha value is -2.75. The number of nitrogens with one attached hydrogen (secondary N) is 1. The third-order valence-electron chi connectivity index (χ3n) is 2.68. The van der Waals surface area contributed by atoms with Crippen molar-refractivity contribution in [2.45, 2.75) is 0 Å². The minimum atomic E-state index is -1.13. The zero-order valence-electron chi connectivity index (χ0n) is 10.1. The number of anilines is 1. The molecule has 1 aromatic carbocycles. The highest BCUT2D eigenvalue weighted by Gasteiger charge is 2.39. The number of terminal acetylenes is 1. The first-order chi connectivity index (χ1) is 9.45. The van der Waals surface area contributed by atoms with E-state index in [4.69, 9.17) is 6.42 Å². The zero-order chi connectivity index (χ0) is 14.9. The van der Waals surface area contributed by atoms with Crippen LogP contribution in [0.5, 0.6) is 0 Å². The molecule has 0 radical (unpaired) electrons. The fourth-order valence-electron chi connectivity index (χ4n) is 1.84. The van der Waals surface area contributed by atoms with Gasteiger partial charge in [-0.15, -0.1) is 6.42 Å². The molecule has 0 saturated carbocycles. The molecular formula is C13H8F2N2O3. The van der Waals surface area contributed by atoms with Gasteiger partial charge in [-0.2, -0.15) is 0 Å². The molecule has 0 spiro atoms. The van der Waals surface area contributed by atoms with Crippen LogP contribution < -0.4 is 10.2 Å². The number of carbonyl (C=O) groups excluding carboxylic acids is 3. The van der Waals surface area contributed by atoms with Gasteiger partial charge in [-0.3, -0.25) is 19.3 Å². The number of hydrogen-bond donors (Lipinski definition) is 1. The van der Waals surface area contributed by atoms with E-state index in [1.807, 2.05) is 0 Å². The van der Waals surface area contributed by atoms with Crippen molar-refractivity contribution >= 4 is 23.3 Å². The van der Waals surface area contributed by atoms with Crippen LogP contribution in [0.2, 0.25) is 0 Å². The van der Waals surface area contributed by atoms with Crippen molar-refractivity contribution in [2.24, 2.45) is 0 Å². The molecule has 5 nitrogen and oxygen atoms in total. The average Bonchev–Trinajstić information content (AvgIpc) is 2.61. The molecule has 0 atom stereocenters. The smallest absolute Gasteiger partial charge is 0.300 e. The lowest BCUT2D eigenvalue weighted by atomic mass is 10.1. The van der Waals surface area contributed by atoms with Crippen LogP contribution in [0.1, 0.15) is 10.4 Å². The Kier molecular flexibility index (Phi) is 3.48. The highest BCUT2D eigenvalue weighted by atomic mass is 19.1. The van der Waals surface area contributed by atoms with Gasteiger partial charge in [-0.1, -0.05) is 5.92 Å². The Balaban J connectivity index is 2.34. The Labute approximate surface area is 112 Å². The van der Waals surface area contributed by atoms with Crippen molar-refractivity contribution in [2.75, 3.05) is 18.0 Å². The molecule has 0 fully saturated rings. The molecule has 0 aromatic heterocycles. The number of rotatable bonds is 3. The van der Waals surface area contributed by atoms with E-state index >= 15 is 0 Å². The van der Waals surface area contributed by atoms with Crippen LogP contribution in [-0.2, 0) is 9.59 Å². The number of ketones is 1. The molecule has 1 N–H and O–H groups in total. The average molecular weight is 278 g/mol. The Bertz CT molecular complexity index is 664. The van der Waals surface area contributed by atoms with Crippen LogP contribution in [0.25, 0.3) is 0 Å². The fourth-order valence-corrected chi connectivity index (χ4v) is 1.84. The summed E-state index contributed by atoms with van der Waals surface area (Å²) in [6.45, 7) is -0.596. The van der Waals surface area contributed by atoms with Crippen molar-refractivity contribution in [3.05, 3.63) is 29.3 Å². The molecule has 0 unspecified atom stereocenters. The quantitative estimate of drug-likeness (QED) is 0.636. The molecule has 1 aliphatic heterocycles. The number of fused-ring (bicyclic) bond motifs is 1. The summed E-state index contributed by atoms with van der Waals surface area (Å²) in [5.41, 5.74) is -0.783. The number of Topliss-reactive ketones (excluding diaryl/α,β-unsaturated/α-hetero) is 1. The van der Waals surface area contributed by atoms with Gasteiger partial charge in [0.15, 0.2) is 0 Å². The van der Waals surface area contributed by atoms with E-state index in [9.17, 15) is 23.2 Å². The van der Waals surface area contributed by atoms with Crippen molar-refractivity contribution in [3.63, 3.8) is 0 Å². The monoisotopic (exact) mass is 278 g/mol. The van der Waals surface area contributed by atoms with Gasteiger partial charge >= 0.3 is 0 Å².